The molecule has 0 aliphatic carbocycles. The van der Waals surface area contributed by atoms with Crippen molar-refractivity contribution in [2.45, 2.75) is 31.7 Å². The van der Waals surface area contributed by atoms with E-state index in [-0.39, 0.29) is 13.1 Å². The highest BCUT2D eigenvalue weighted by Gasteiger charge is 2.53. The van der Waals surface area contributed by atoms with Crippen molar-refractivity contribution in [3.8, 4) is 0 Å². The fraction of sp³-hybridized carbons (Fsp3) is 0.611. The SMILES string of the molecule is O=C([C@@H]1CN(Cc2ccccc2)C[C@H]1C(F)(F)F)N1CCC(O)CC1. The van der Waals surface area contributed by atoms with E-state index in [0.29, 0.717) is 32.5 Å². The maximum absolute atomic E-state index is 13.5. The Morgan fingerprint density at radius 3 is 2.36 bits per heavy atom. The van der Waals surface area contributed by atoms with E-state index in [0.717, 1.165) is 5.56 Å². The maximum Gasteiger partial charge on any atom is 0.393 e. The summed E-state index contributed by atoms with van der Waals surface area (Å²) in [5, 5.41) is 9.54. The zero-order valence-electron chi connectivity index (χ0n) is 14.0. The lowest BCUT2D eigenvalue weighted by Crippen LogP contribution is -2.46. The lowest BCUT2D eigenvalue weighted by atomic mass is 9.93. The highest BCUT2D eigenvalue weighted by Crippen LogP contribution is 2.39. The number of carbonyl (C=O) groups excluding carboxylic acids is 1. The smallest absolute Gasteiger partial charge is 0.393 e. The minimum absolute atomic E-state index is 0.122. The first kappa shape index (κ1) is 18.2. The van der Waals surface area contributed by atoms with Crippen molar-refractivity contribution in [3.05, 3.63) is 35.9 Å². The van der Waals surface area contributed by atoms with Crippen LogP contribution in [0, 0.1) is 11.8 Å². The van der Waals surface area contributed by atoms with Crippen LogP contribution in [0.3, 0.4) is 0 Å². The molecule has 1 N–H and O–H groups in total. The van der Waals surface area contributed by atoms with Crippen LogP contribution in [0.5, 0.6) is 0 Å². The molecule has 2 heterocycles. The molecule has 138 valence electrons. The summed E-state index contributed by atoms with van der Waals surface area (Å²) in [6.07, 6.45) is -3.98. The van der Waals surface area contributed by atoms with Crippen LogP contribution in [-0.4, -0.2) is 59.3 Å². The number of carbonyl (C=O) groups is 1. The van der Waals surface area contributed by atoms with Gasteiger partial charge in [0.25, 0.3) is 0 Å². The number of aliphatic hydroxyl groups is 1. The van der Waals surface area contributed by atoms with Crippen molar-refractivity contribution in [2.75, 3.05) is 26.2 Å². The molecule has 0 spiro atoms. The van der Waals surface area contributed by atoms with Gasteiger partial charge in [0, 0.05) is 32.7 Å². The Balaban J connectivity index is 1.70. The zero-order chi connectivity index (χ0) is 18.0. The number of hydrogen-bond acceptors (Lipinski definition) is 3. The van der Waals surface area contributed by atoms with E-state index in [4.69, 9.17) is 0 Å². The van der Waals surface area contributed by atoms with Crippen LogP contribution in [0.15, 0.2) is 30.3 Å². The van der Waals surface area contributed by atoms with Crippen molar-refractivity contribution in [2.24, 2.45) is 11.8 Å². The Hall–Kier alpha value is -1.60. The molecule has 4 nitrogen and oxygen atoms in total. The molecule has 0 aromatic heterocycles. The Bertz CT molecular complexity index is 586. The van der Waals surface area contributed by atoms with Gasteiger partial charge in [0.1, 0.15) is 0 Å². The van der Waals surface area contributed by atoms with Crippen LogP contribution >= 0.6 is 0 Å². The second-order valence-electron chi connectivity index (χ2n) is 6.99. The maximum atomic E-state index is 13.5. The predicted molar refractivity (Wildman–Crippen MR) is 86.6 cm³/mol. The van der Waals surface area contributed by atoms with Gasteiger partial charge in [-0.3, -0.25) is 9.69 Å². The molecule has 0 unspecified atom stereocenters. The Kier molecular flexibility index (Phi) is 5.34. The van der Waals surface area contributed by atoms with Crippen LogP contribution in [0.1, 0.15) is 18.4 Å². The number of alkyl halides is 3. The quantitative estimate of drug-likeness (QED) is 0.904. The van der Waals surface area contributed by atoms with Gasteiger partial charge in [0.2, 0.25) is 5.91 Å². The molecule has 2 aliphatic rings. The fourth-order valence-corrected chi connectivity index (χ4v) is 3.76. The molecule has 7 heteroatoms. The lowest BCUT2D eigenvalue weighted by Gasteiger charge is -2.33. The number of amides is 1. The number of likely N-dealkylation sites (tertiary alicyclic amines) is 2. The van der Waals surface area contributed by atoms with E-state index in [9.17, 15) is 23.1 Å². The summed E-state index contributed by atoms with van der Waals surface area (Å²) in [4.78, 5) is 15.9. The van der Waals surface area contributed by atoms with Crippen molar-refractivity contribution < 1.29 is 23.1 Å². The summed E-state index contributed by atoms with van der Waals surface area (Å²) in [5.74, 6) is -3.11. The van der Waals surface area contributed by atoms with Crippen LogP contribution in [0.25, 0.3) is 0 Å². The normalized spacial score (nSPS) is 26.2. The molecule has 0 bridgehead atoms. The van der Waals surface area contributed by atoms with E-state index in [2.05, 4.69) is 0 Å². The third-order valence-electron chi connectivity index (χ3n) is 5.16. The third-order valence-corrected chi connectivity index (χ3v) is 5.16. The second-order valence-corrected chi connectivity index (χ2v) is 6.99. The number of rotatable bonds is 3. The first-order valence-corrected chi connectivity index (χ1v) is 8.64. The van der Waals surface area contributed by atoms with E-state index >= 15 is 0 Å². The first-order chi connectivity index (χ1) is 11.8. The molecule has 1 amide bonds. The van der Waals surface area contributed by atoms with Crippen LogP contribution < -0.4 is 0 Å². The van der Waals surface area contributed by atoms with Crippen molar-refractivity contribution in [1.82, 2.24) is 9.80 Å². The average Bonchev–Trinajstić information content (AvgIpc) is 3.00. The highest BCUT2D eigenvalue weighted by atomic mass is 19.4. The van der Waals surface area contributed by atoms with Crippen molar-refractivity contribution in [1.29, 1.82) is 0 Å². The molecular weight excluding hydrogens is 333 g/mol. The molecule has 3 rings (SSSR count). The first-order valence-electron chi connectivity index (χ1n) is 8.64. The molecule has 2 fully saturated rings. The molecule has 0 saturated carbocycles. The number of aliphatic hydroxyl groups excluding tert-OH is 1. The molecule has 2 aliphatic heterocycles. The molecule has 0 radical (unpaired) electrons. The van der Waals surface area contributed by atoms with Crippen LogP contribution in [0.2, 0.25) is 0 Å². The zero-order valence-corrected chi connectivity index (χ0v) is 14.0. The van der Waals surface area contributed by atoms with Crippen molar-refractivity contribution in [3.63, 3.8) is 0 Å². The van der Waals surface area contributed by atoms with Gasteiger partial charge >= 0.3 is 6.18 Å². The number of piperidine rings is 1. The molecular formula is C18H23F3N2O2. The fourth-order valence-electron chi connectivity index (χ4n) is 3.76. The monoisotopic (exact) mass is 356 g/mol. The highest BCUT2D eigenvalue weighted by molar-refractivity contribution is 5.80. The lowest BCUT2D eigenvalue weighted by molar-refractivity contribution is -0.186. The van der Waals surface area contributed by atoms with Gasteiger partial charge in [-0.2, -0.15) is 13.2 Å². The van der Waals surface area contributed by atoms with Gasteiger partial charge in [0.05, 0.1) is 17.9 Å². The molecule has 1 aromatic rings. The molecule has 1 aromatic carbocycles. The number of hydrogen-bond donors (Lipinski definition) is 1. The van der Waals surface area contributed by atoms with E-state index in [1.807, 2.05) is 30.3 Å². The largest absolute Gasteiger partial charge is 0.393 e. The summed E-state index contributed by atoms with van der Waals surface area (Å²) in [6.45, 7) is 1.05. The number of benzene rings is 1. The predicted octanol–water partition coefficient (Wildman–Crippen LogP) is 2.28. The summed E-state index contributed by atoms with van der Waals surface area (Å²) in [6, 6.07) is 9.33. The molecule has 2 atom stereocenters. The van der Waals surface area contributed by atoms with Crippen LogP contribution in [-0.2, 0) is 11.3 Å². The van der Waals surface area contributed by atoms with Gasteiger partial charge in [0.15, 0.2) is 0 Å². The average molecular weight is 356 g/mol. The number of nitrogens with zero attached hydrogens (tertiary/aromatic N) is 2. The second kappa shape index (κ2) is 7.33. The Morgan fingerprint density at radius 1 is 1.12 bits per heavy atom. The Morgan fingerprint density at radius 2 is 1.76 bits per heavy atom. The summed E-state index contributed by atoms with van der Waals surface area (Å²) < 4.78 is 40.4. The van der Waals surface area contributed by atoms with Gasteiger partial charge in [-0.05, 0) is 18.4 Å². The molecule has 25 heavy (non-hydrogen) atoms. The standard InChI is InChI=1S/C18H23F3N2O2/c19-18(20,21)16-12-22(10-13-4-2-1-3-5-13)11-15(16)17(25)23-8-6-14(24)7-9-23/h1-5,14-16,24H,6-12H2/t15-,16-/m1/s1. The van der Waals surface area contributed by atoms with E-state index < -0.39 is 30.0 Å². The molecule has 2 saturated heterocycles. The van der Waals surface area contributed by atoms with E-state index in [1.165, 1.54) is 4.90 Å². The minimum atomic E-state index is -4.39. The topological polar surface area (TPSA) is 43.8 Å². The van der Waals surface area contributed by atoms with Gasteiger partial charge in [-0.1, -0.05) is 30.3 Å². The van der Waals surface area contributed by atoms with Crippen molar-refractivity contribution >= 4 is 5.91 Å². The van der Waals surface area contributed by atoms with Gasteiger partial charge < -0.3 is 10.0 Å². The summed E-state index contributed by atoms with van der Waals surface area (Å²) in [5.41, 5.74) is 0.942. The number of halogens is 3. The third kappa shape index (κ3) is 4.33. The summed E-state index contributed by atoms with van der Waals surface area (Å²) in [7, 11) is 0. The Labute approximate surface area is 145 Å². The van der Waals surface area contributed by atoms with Gasteiger partial charge in [-0.15, -0.1) is 0 Å². The van der Waals surface area contributed by atoms with Gasteiger partial charge in [-0.25, -0.2) is 0 Å². The van der Waals surface area contributed by atoms with Crippen LogP contribution in [0.4, 0.5) is 13.2 Å². The minimum Gasteiger partial charge on any atom is -0.393 e. The summed E-state index contributed by atoms with van der Waals surface area (Å²) >= 11 is 0. The van der Waals surface area contributed by atoms with E-state index in [1.54, 1.807) is 4.90 Å².